The van der Waals surface area contributed by atoms with Gasteiger partial charge in [0.25, 0.3) is 5.91 Å². The Morgan fingerprint density at radius 3 is 3.04 bits per heavy atom. The SMILES string of the molecule is NC(=O)[C@@H]1CN(c2ncnc3sc4c(c23)CCC4)c2ccccc2O1. The number of para-hydroxylation sites is 2. The molecule has 5 rings (SSSR count). The largest absolute Gasteiger partial charge is 0.477 e. The molecule has 0 saturated heterocycles. The Labute approximate surface area is 148 Å². The highest BCUT2D eigenvalue weighted by Gasteiger charge is 2.33. The third-order valence-electron chi connectivity index (χ3n) is 4.83. The Morgan fingerprint density at radius 1 is 1.28 bits per heavy atom. The first-order valence-corrected chi connectivity index (χ1v) is 9.12. The van der Waals surface area contributed by atoms with Crippen molar-refractivity contribution in [3.05, 3.63) is 41.0 Å². The molecule has 25 heavy (non-hydrogen) atoms. The third kappa shape index (κ3) is 2.19. The predicted octanol–water partition coefficient (Wildman–Crippen LogP) is 2.56. The number of thiophene rings is 1. The number of benzene rings is 1. The van der Waals surface area contributed by atoms with Gasteiger partial charge in [-0.25, -0.2) is 9.97 Å². The van der Waals surface area contributed by atoms with E-state index in [1.807, 2.05) is 29.2 Å². The number of fused-ring (bicyclic) bond motifs is 4. The Bertz CT molecular complexity index is 1000. The smallest absolute Gasteiger partial charge is 0.260 e. The molecule has 2 aliphatic rings. The number of aromatic nitrogens is 2. The molecule has 3 heterocycles. The van der Waals surface area contributed by atoms with Crippen molar-refractivity contribution >= 4 is 39.0 Å². The van der Waals surface area contributed by atoms with E-state index in [1.165, 1.54) is 16.9 Å². The lowest BCUT2D eigenvalue weighted by Gasteiger charge is -2.34. The van der Waals surface area contributed by atoms with Gasteiger partial charge in [-0.2, -0.15) is 0 Å². The summed E-state index contributed by atoms with van der Waals surface area (Å²) >= 11 is 1.75. The van der Waals surface area contributed by atoms with Crippen LogP contribution in [0.5, 0.6) is 5.75 Å². The normalized spacial score (nSPS) is 18.7. The number of carbonyl (C=O) groups is 1. The van der Waals surface area contributed by atoms with Crippen LogP contribution in [0.15, 0.2) is 30.6 Å². The fourth-order valence-electron chi connectivity index (χ4n) is 3.70. The van der Waals surface area contributed by atoms with Crippen LogP contribution in [0.1, 0.15) is 16.9 Å². The molecule has 0 bridgehead atoms. The molecule has 3 aromatic rings. The van der Waals surface area contributed by atoms with Gasteiger partial charge in [0.2, 0.25) is 0 Å². The van der Waals surface area contributed by atoms with Crippen molar-refractivity contribution in [1.82, 2.24) is 9.97 Å². The highest BCUT2D eigenvalue weighted by molar-refractivity contribution is 7.19. The van der Waals surface area contributed by atoms with Gasteiger partial charge in [-0.3, -0.25) is 4.79 Å². The van der Waals surface area contributed by atoms with E-state index >= 15 is 0 Å². The molecule has 0 unspecified atom stereocenters. The monoisotopic (exact) mass is 352 g/mol. The zero-order valence-corrected chi connectivity index (χ0v) is 14.3. The number of ether oxygens (including phenoxy) is 1. The first-order chi connectivity index (χ1) is 12.2. The highest BCUT2D eigenvalue weighted by atomic mass is 32.1. The number of primary amides is 1. The van der Waals surface area contributed by atoms with Crippen LogP contribution < -0.4 is 15.4 Å². The molecule has 1 aliphatic carbocycles. The quantitative estimate of drug-likeness (QED) is 0.766. The van der Waals surface area contributed by atoms with Gasteiger partial charge in [0.1, 0.15) is 22.7 Å². The van der Waals surface area contributed by atoms with E-state index in [9.17, 15) is 4.79 Å². The Hall–Kier alpha value is -2.67. The van der Waals surface area contributed by atoms with Crippen molar-refractivity contribution in [2.24, 2.45) is 5.73 Å². The van der Waals surface area contributed by atoms with Gasteiger partial charge >= 0.3 is 0 Å². The van der Waals surface area contributed by atoms with Gasteiger partial charge in [-0.05, 0) is 37.0 Å². The topological polar surface area (TPSA) is 81.3 Å². The number of carbonyl (C=O) groups excluding carboxylic acids is 1. The molecule has 0 spiro atoms. The van der Waals surface area contributed by atoms with Gasteiger partial charge in [0.05, 0.1) is 17.6 Å². The minimum absolute atomic E-state index is 0.350. The number of hydrogen-bond acceptors (Lipinski definition) is 6. The van der Waals surface area contributed by atoms with Gasteiger partial charge in [-0.15, -0.1) is 11.3 Å². The lowest BCUT2D eigenvalue weighted by molar-refractivity contribution is -0.124. The van der Waals surface area contributed by atoms with E-state index in [0.29, 0.717) is 12.3 Å². The van der Waals surface area contributed by atoms with Crippen LogP contribution in [0.2, 0.25) is 0 Å². The Morgan fingerprint density at radius 2 is 2.16 bits per heavy atom. The van der Waals surface area contributed by atoms with E-state index in [4.69, 9.17) is 10.5 Å². The number of nitrogens with zero attached hydrogens (tertiary/aromatic N) is 3. The molecule has 1 aliphatic heterocycles. The lowest BCUT2D eigenvalue weighted by atomic mass is 10.1. The van der Waals surface area contributed by atoms with Crippen LogP contribution in [0, 0.1) is 0 Å². The molecule has 7 heteroatoms. The zero-order chi connectivity index (χ0) is 17.0. The standard InChI is InChI=1S/C18H16N4O2S/c19-16(23)13-8-22(11-5-1-2-6-12(11)24-13)17-15-10-4-3-7-14(10)25-18(15)21-9-20-17/h1-2,5-6,9,13H,3-4,7-8H2,(H2,19,23)/t13-/m0/s1. The summed E-state index contributed by atoms with van der Waals surface area (Å²) in [6.45, 7) is 0.350. The number of amides is 1. The maximum atomic E-state index is 11.8. The Balaban J connectivity index is 1.73. The van der Waals surface area contributed by atoms with Crippen molar-refractivity contribution in [3.8, 4) is 5.75 Å². The van der Waals surface area contributed by atoms with E-state index in [-0.39, 0.29) is 0 Å². The number of rotatable bonds is 2. The first-order valence-electron chi connectivity index (χ1n) is 8.30. The molecule has 2 aromatic heterocycles. The highest BCUT2D eigenvalue weighted by Crippen LogP contribution is 2.44. The molecular formula is C18H16N4O2S. The first kappa shape index (κ1) is 14.7. The second-order valence-electron chi connectivity index (χ2n) is 6.32. The summed E-state index contributed by atoms with van der Waals surface area (Å²) in [5.74, 6) is 1.02. The van der Waals surface area contributed by atoms with Crippen molar-refractivity contribution in [1.29, 1.82) is 0 Å². The molecule has 1 aromatic carbocycles. The van der Waals surface area contributed by atoms with Crippen LogP contribution >= 0.6 is 11.3 Å². The van der Waals surface area contributed by atoms with Crippen molar-refractivity contribution in [2.45, 2.75) is 25.4 Å². The number of aryl methyl sites for hydroxylation is 2. The van der Waals surface area contributed by atoms with Crippen LogP contribution in [0.4, 0.5) is 11.5 Å². The zero-order valence-electron chi connectivity index (χ0n) is 13.4. The lowest BCUT2D eigenvalue weighted by Crippen LogP contribution is -2.45. The summed E-state index contributed by atoms with van der Waals surface area (Å²) in [7, 11) is 0. The molecule has 0 radical (unpaired) electrons. The molecule has 1 amide bonds. The summed E-state index contributed by atoms with van der Waals surface area (Å²) in [5.41, 5.74) is 7.78. The molecule has 6 nitrogen and oxygen atoms in total. The van der Waals surface area contributed by atoms with Crippen LogP contribution in [-0.4, -0.2) is 28.5 Å². The van der Waals surface area contributed by atoms with Crippen LogP contribution in [-0.2, 0) is 17.6 Å². The molecular weight excluding hydrogens is 336 g/mol. The maximum Gasteiger partial charge on any atom is 0.260 e. The molecule has 0 fully saturated rings. The van der Waals surface area contributed by atoms with E-state index in [1.54, 1.807) is 17.7 Å². The fraction of sp³-hybridized carbons (Fsp3) is 0.278. The van der Waals surface area contributed by atoms with Gasteiger partial charge in [-0.1, -0.05) is 12.1 Å². The fourth-order valence-corrected chi connectivity index (χ4v) is 4.92. The van der Waals surface area contributed by atoms with Crippen molar-refractivity contribution in [2.75, 3.05) is 11.4 Å². The number of anilines is 2. The van der Waals surface area contributed by atoms with Gasteiger partial charge in [0.15, 0.2) is 6.10 Å². The summed E-state index contributed by atoms with van der Waals surface area (Å²) in [4.78, 5) is 25.3. The van der Waals surface area contributed by atoms with Crippen molar-refractivity contribution in [3.63, 3.8) is 0 Å². The van der Waals surface area contributed by atoms with Gasteiger partial charge < -0.3 is 15.4 Å². The average molecular weight is 352 g/mol. The van der Waals surface area contributed by atoms with Gasteiger partial charge in [0, 0.05) is 4.88 Å². The molecule has 126 valence electrons. The van der Waals surface area contributed by atoms with Crippen LogP contribution in [0.3, 0.4) is 0 Å². The van der Waals surface area contributed by atoms with E-state index < -0.39 is 12.0 Å². The predicted molar refractivity (Wildman–Crippen MR) is 96.5 cm³/mol. The van der Waals surface area contributed by atoms with E-state index in [0.717, 1.165) is 34.6 Å². The Kier molecular flexibility index (Phi) is 3.18. The van der Waals surface area contributed by atoms with Crippen LogP contribution in [0.25, 0.3) is 10.2 Å². The number of hydrogen-bond donors (Lipinski definition) is 1. The number of nitrogens with two attached hydrogens (primary N) is 1. The summed E-state index contributed by atoms with van der Waals surface area (Å²) < 4.78 is 5.77. The second-order valence-corrected chi connectivity index (χ2v) is 7.41. The summed E-state index contributed by atoms with van der Waals surface area (Å²) in [6, 6.07) is 7.68. The molecule has 0 saturated carbocycles. The summed E-state index contributed by atoms with van der Waals surface area (Å²) in [5, 5.41) is 1.11. The maximum absolute atomic E-state index is 11.8. The molecule has 1 atom stereocenters. The average Bonchev–Trinajstić information content (AvgIpc) is 3.21. The third-order valence-corrected chi connectivity index (χ3v) is 6.03. The second kappa shape index (κ2) is 5.42. The minimum Gasteiger partial charge on any atom is -0.477 e. The van der Waals surface area contributed by atoms with E-state index in [2.05, 4.69) is 9.97 Å². The minimum atomic E-state index is -0.702. The molecule has 2 N–H and O–H groups in total. The summed E-state index contributed by atoms with van der Waals surface area (Å²) in [6.07, 6.45) is 4.24. The van der Waals surface area contributed by atoms with Crippen molar-refractivity contribution < 1.29 is 9.53 Å².